The molecular weight excluding hydrogens is 256 g/mol. The van der Waals surface area contributed by atoms with E-state index < -0.39 is 16.1 Å². The molecule has 1 aliphatic heterocycles. The molecule has 0 bridgehead atoms. The number of hydrogen-bond donors (Lipinski definition) is 1. The van der Waals surface area contributed by atoms with E-state index in [0.717, 1.165) is 0 Å². The Morgan fingerprint density at radius 2 is 2.00 bits per heavy atom. The number of hydrogen-bond acceptors (Lipinski definition) is 4. The molecule has 1 aliphatic rings. The van der Waals surface area contributed by atoms with Crippen LogP contribution in [0.25, 0.3) is 0 Å². The van der Waals surface area contributed by atoms with E-state index in [1.165, 1.54) is 10.6 Å². The molecule has 1 rings (SSSR count). The SMILES string of the molecule is CCOC(C)C(=O)NC1CCN(S(C)(=O)=O)CC1. The molecule has 0 aromatic heterocycles. The molecular formula is C11H22N2O4S. The van der Waals surface area contributed by atoms with E-state index >= 15 is 0 Å². The lowest BCUT2D eigenvalue weighted by molar-refractivity contribution is -0.132. The first kappa shape index (κ1) is 15.4. The Bertz CT molecular complexity index is 375. The van der Waals surface area contributed by atoms with Crippen LogP contribution in [-0.4, -0.2) is 56.7 Å². The molecule has 0 spiro atoms. The molecule has 1 heterocycles. The van der Waals surface area contributed by atoms with E-state index in [2.05, 4.69) is 5.32 Å². The lowest BCUT2D eigenvalue weighted by atomic mass is 10.1. The maximum absolute atomic E-state index is 11.7. The number of ether oxygens (including phenoxy) is 1. The number of sulfonamides is 1. The third-order valence-corrected chi connectivity index (χ3v) is 4.36. The third kappa shape index (κ3) is 4.55. The van der Waals surface area contributed by atoms with Gasteiger partial charge in [0.15, 0.2) is 0 Å². The fourth-order valence-corrected chi connectivity index (χ4v) is 2.85. The molecule has 18 heavy (non-hydrogen) atoms. The largest absolute Gasteiger partial charge is 0.369 e. The Morgan fingerprint density at radius 3 is 2.44 bits per heavy atom. The standard InChI is InChI=1S/C11H22N2O4S/c1-4-17-9(2)11(14)12-10-5-7-13(8-6-10)18(3,15)16/h9-10H,4-8H2,1-3H3,(H,12,14). The summed E-state index contributed by atoms with van der Waals surface area (Å²) in [5, 5.41) is 2.89. The fraction of sp³-hybridized carbons (Fsp3) is 0.909. The molecule has 0 saturated carbocycles. The number of carbonyl (C=O) groups excluding carboxylic acids is 1. The van der Waals surface area contributed by atoms with E-state index in [9.17, 15) is 13.2 Å². The van der Waals surface area contributed by atoms with E-state index in [-0.39, 0.29) is 11.9 Å². The Labute approximate surface area is 109 Å². The maximum Gasteiger partial charge on any atom is 0.249 e. The zero-order valence-electron chi connectivity index (χ0n) is 11.2. The topological polar surface area (TPSA) is 75.7 Å². The highest BCUT2D eigenvalue weighted by Crippen LogP contribution is 2.13. The molecule has 0 radical (unpaired) electrons. The average Bonchev–Trinajstić information content (AvgIpc) is 2.28. The summed E-state index contributed by atoms with van der Waals surface area (Å²) in [5.74, 6) is -0.130. The molecule has 1 saturated heterocycles. The summed E-state index contributed by atoms with van der Waals surface area (Å²) >= 11 is 0. The van der Waals surface area contributed by atoms with Crippen molar-refractivity contribution in [3.05, 3.63) is 0 Å². The molecule has 1 atom stereocenters. The molecule has 1 amide bonds. The van der Waals surface area contributed by atoms with E-state index in [1.54, 1.807) is 6.92 Å². The molecule has 6 nitrogen and oxygen atoms in total. The highest BCUT2D eigenvalue weighted by molar-refractivity contribution is 7.88. The molecule has 0 aromatic rings. The first-order valence-corrected chi connectivity index (χ1v) is 8.06. The summed E-state index contributed by atoms with van der Waals surface area (Å²) < 4.78 is 29.3. The Balaban J connectivity index is 2.38. The predicted octanol–water partition coefficient (Wildman–Crippen LogP) is -0.0484. The van der Waals surface area contributed by atoms with Crippen molar-refractivity contribution in [1.29, 1.82) is 0 Å². The van der Waals surface area contributed by atoms with Crippen molar-refractivity contribution in [2.24, 2.45) is 0 Å². The Morgan fingerprint density at radius 1 is 1.44 bits per heavy atom. The normalized spacial score (nSPS) is 20.6. The van der Waals surface area contributed by atoms with Gasteiger partial charge in [-0.2, -0.15) is 0 Å². The van der Waals surface area contributed by atoms with Crippen LogP contribution in [0.5, 0.6) is 0 Å². The Kier molecular flexibility index (Phi) is 5.55. The van der Waals surface area contributed by atoms with Crippen LogP contribution in [0.4, 0.5) is 0 Å². The highest BCUT2D eigenvalue weighted by Gasteiger charge is 2.26. The first-order valence-electron chi connectivity index (χ1n) is 6.21. The van der Waals surface area contributed by atoms with Crippen LogP contribution in [-0.2, 0) is 19.6 Å². The second-order valence-electron chi connectivity index (χ2n) is 4.54. The van der Waals surface area contributed by atoms with Gasteiger partial charge in [0.2, 0.25) is 15.9 Å². The van der Waals surface area contributed by atoms with Gasteiger partial charge in [-0.05, 0) is 26.7 Å². The number of amides is 1. The molecule has 1 N–H and O–H groups in total. The Hall–Kier alpha value is -0.660. The smallest absolute Gasteiger partial charge is 0.249 e. The second-order valence-corrected chi connectivity index (χ2v) is 6.52. The van der Waals surface area contributed by atoms with E-state index in [0.29, 0.717) is 32.5 Å². The molecule has 1 fully saturated rings. The summed E-state index contributed by atoms with van der Waals surface area (Å²) in [7, 11) is -3.11. The van der Waals surface area contributed by atoms with Crippen LogP contribution < -0.4 is 5.32 Å². The lowest BCUT2D eigenvalue weighted by Crippen LogP contribution is -2.48. The van der Waals surface area contributed by atoms with Crippen molar-refractivity contribution >= 4 is 15.9 Å². The number of rotatable bonds is 5. The molecule has 1 unspecified atom stereocenters. The minimum atomic E-state index is -3.11. The van der Waals surface area contributed by atoms with Gasteiger partial charge in [0.05, 0.1) is 6.26 Å². The van der Waals surface area contributed by atoms with Gasteiger partial charge in [0, 0.05) is 25.7 Å². The molecule has 7 heteroatoms. The van der Waals surface area contributed by atoms with E-state index in [4.69, 9.17) is 4.74 Å². The van der Waals surface area contributed by atoms with Crippen molar-refractivity contribution < 1.29 is 17.9 Å². The number of piperidine rings is 1. The molecule has 106 valence electrons. The van der Waals surface area contributed by atoms with Crippen LogP contribution in [0.2, 0.25) is 0 Å². The van der Waals surface area contributed by atoms with Gasteiger partial charge in [0.1, 0.15) is 6.10 Å². The van der Waals surface area contributed by atoms with Crippen molar-refractivity contribution in [3.8, 4) is 0 Å². The number of carbonyl (C=O) groups is 1. The van der Waals surface area contributed by atoms with Gasteiger partial charge >= 0.3 is 0 Å². The van der Waals surface area contributed by atoms with Gasteiger partial charge in [-0.1, -0.05) is 0 Å². The summed E-state index contributed by atoms with van der Waals surface area (Å²) in [6, 6.07) is 0.0402. The summed E-state index contributed by atoms with van der Waals surface area (Å²) in [5.41, 5.74) is 0. The minimum Gasteiger partial charge on any atom is -0.369 e. The van der Waals surface area contributed by atoms with Gasteiger partial charge in [-0.3, -0.25) is 4.79 Å². The zero-order chi connectivity index (χ0) is 13.8. The molecule has 0 aliphatic carbocycles. The fourth-order valence-electron chi connectivity index (χ4n) is 1.98. The van der Waals surface area contributed by atoms with Crippen molar-refractivity contribution in [2.45, 2.75) is 38.8 Å². The van der Waals surface area contributed by atoms with Gasteiger partial charge < -0.3 is 10.1 Å². The van der Waals surface area contributed by atoms with Crippen LogP contribution in [0.3, 0.4) is 0 Å². The maximum atomic E-state index is 11.7. The van der Waals surface area contributed by atoms with Crippen molar-refractivity contribution in [2.75, 3.05) is 26.0 Å². The first-order chi connectivity index (χ1) is 8.34. The predicted molar refractivity (Wildman–Crippen MR) is 68.7 cm³/mol. The van der Waals surface area contributed by atoms with Crippen molar-refractivity contribution in [3.63, 3.8) is 0 Å². The number of nitrogens with one attached hydrogen (secondary N) is 1. The quantitative estimate of drug-likeness (QED) is 0.765. The molecule has 0 aromatic carbocycles. The zero-order valence-corrected chi connectivity index (χ0v) is 12.0. The third-order valence-electron chi connectivity index (χ3n) is 3.06. The van der Waals surface area contributed by atoms with Crippen LogP contribution >= 0.6 is 0 Å². The van der Waals surface area contributed by atoms with Crippen LogP contribution in [0.15, 0.2) is 0 Å². The average molecular weight is 278 g/mol. The summed E-state index contributed by atoms with van der Waals surface area (Å²) in [4.78, 5) is 11.7. The van der Waals surface area contributed by atoms with E-state index in [1.807, 2.05) is 6.92 Å². The highest BCUT2D eigenvalue weighted by atomic mass is 32.2. The van der Waals surface area contributed by atoms with Crippen molar-refractivity contribution in [1.82, 2.24) is 9.62 Å². The second kappa shape index (κ2) is 6.49. The lowest BCUT2D eigenvalue weighted by Gasteiger charge is -2.31. The van der Waals surface area contributed by atoms with Gasteiger partial charge in [-0.15, -0.1) is 0 Å². The monoisotopic (exact) mass is 278 g/mol. The minimum absolute atomic E-state index is 0.0402. The number of nitrogens with zero attached hydrogens (tertiary/aromatic N) is 1. The van der Waals surface area contributed by atoms with Gasteiger partial charge in [-0.25, -0.2) is 12.7 Å². The van der Waals surface area contributed by atoms with Crippen LogP contribution in [0, 0.1) is 0 Å². The van der Waals surface area contributed by atoms with Gasteiger partial charge in [0.25, 0.3) is 0 Å². The van der Waals surface area contributed by atoms with Crippen LogP contribution in [0.1, 0.15) is 26.7 Å². The summed E-state index contributed by atoms with van der Waals surface area (Å²) in [6.45, 7) is 4.99. The summed E-state index contributed by atoms with van der Waals surface area (Å²) in [6.07, 6.45) is 2.06.